The lowest BCUT2D eigenvalue weighted by atomic mass is 9.99. The lowest BCUT2D eigenvalue weighted by molar-refractivity contribution is -0.120. The van der Waals surface area contributed by atoms with Crippen LogP contribution < -0.4 is 10.2 Å². The molecule has 1 aliphatic heterocycles. The quantitative estimate of drug-likeness (QED) is 0.793. The topological polar surface area (TPSA) is 84.2 Å². The molecule has 4 rings (SSSR count). The summed E-state index contributed by atoms with van der Waals surface area (Å²) in [6, 6.07) is 13.5. The number of nitrogens with one attached hydrogen (secondary N) is 1. The van der Waals surface area contributed by atoms with Crippen LogP contribution in [-0.4, -0.2) is 34.1 Å². The van der Waals surface area contributed by atoms with Crippen molar-refractivity contribution in [2.75, 3.05) is 23.3 Å². The second-order valence-electron chi connectivity index (χ2n) is 5.60. The van der Waals surface area contributed by atoms with Crippen molar-refractivity contribution in [2.24, 2.45) is 5.92 Å². The molecular weight excluding hydrogens is 306 g/mol. The van der Waals surface area contributed by atoms with E-state index in [0.717, 1.165) is 17.1 Å². The van der Waals surface area contributed by atoms with E-state index in [0.29, 0.717) is 18.9 Å². The smallest absolute Gasteiger partial charge is 0.232 e. The molecule has 3 heterocycles. The second kappa shape index (κ2) is 6.11. The normalized spacial score (nSPS) is 14.2. The largest absolute Gasteiger partial charge is 0.363 e. The molecule has 0 aliphatic carbocycles. The molecule has 1 fully saturated rings. The van der Waals surface area contributed by atoms with Crippen LogP contribution in [0.4, 0.5) is 11.6 Å². The maximum atomic E-state index is 12.1. The zero-order chi connectivity index (χ0) is 16.4. The maximum absolute atomic E-state index is 12.1. The monoisotopic (exact) mass is 321 g/mol. The summed E-state index contributed by atoms with van der Waals surface area (Å²) in [5, 5.41) is 6.41. The first-order chi connectivity index (χ1) is 11.8. The molecule has 120 valence electrons. The summed E-state index contributed by atoms with van der Waals surface area (Å²) in [5.74, 6) is 1.12. The fourth-order valence-electron chi connectivity index (χ4n) is 2.62. The molecule has 0 bridgehead atoms. The number of amides is 1. The lowest BCUT2D eigenvalue weighted by Crippen LogP contribution is -2.52. The molecule has 2 aromatic heterocycles. The molecule has 0 saturated carbocycles. The highest BCUT2D eigenvalue weighted by Crippen LogP contribution is 2.26. The van der Waals surface area contributed by atoms with Crippen molar-refractivity contribution in [1.29, 1.82) is 0 Å². The maximum Gasteiger partial charge on any atom is 0.232 e. The summed E-state index contributed by atoms with van der Waals surface area (Å²) < 4.78 is 4.70. The first-order valence-electron chi connectivity index (χ1n) is 7.63. The summed E-state index contributed by atoms with van der Waals surface area (Å²) in [6.45, 7) is 1.24. The van der Waals surface area contributed by atoms with Gasteiger partial charge in [0.05, 0.1) is 11.6 Å². The van der Waals surface area contributed by atoms with E-state index in [2.05, 4.69) is 25.3 Å². The summed E-state index contributed by atoms with van der Waals surface area (Å²) in [7, 11) is 0. The van der Waals surface area contributed by atoms with Crippen LogP contribution in [-0.2, 0) is 4.79 Å². The fourth-order valence-corrected chi connectivity index (χ4v) is 2.62. The molecule has 7 nitrogen and oxygen atoms in total. The highest BCUT2D eigenvalue weighted by atomic mass is 16.5. The van der Waals surface area contributed by atoms with Crippen LogP contribution in [0.3, 0.4) is 0 Å². The Bertz CT molecular complexity index is 829. The minimum Gasteiger partial charge on any atom is -0.363 e. The van der Waals surface area contributed by atoms with Crippen molar-refractivity contribution in [1.82, 2.24) is 15.1 Å². The van der Waals surface area contributed by atoms with Gasteiger partial charge in [0.2, 0.25) is 5.91 Å². The van der Waals surface area contributed by atoms with Gasteiger partial charge in [-0.25, -0.2) is 9.97 Å². The van der Waals surface area contributed by atoms with Crippen molar-refractivity contribution in [3.8, 4) is 11.3 Å². The minimum atomic E-state index is -0.0863. The summed E-state index contributed by atoms with van der Waals surface area (Å²) >= 11 is 0. The number of benzene rings is 1. The Morgan fingerprint density at radius 1 is 1.17 bits per heavy atom. The third-order valence-electron chi connectivity index (χ3n) is 3.99. The molecule has 0 radical (unpaired) electrons. The Morgan fingerprint density at radius 3 is 2.75 bits per heavy atom. The minimum absolute atomic E-state index is 0.0579. The highest BCUT2D eigenvalue weighted by Gasteiger charge is 2.34. The first-order valence-corrected chi connectivity index (χ1v) is 7.63. The van der Waals surface area contributed by atoms with Gasteiger partial charge in [0, 0.05) is 30.8 Å². The van der Waals surface area contributed by atoms with Crippen LogP contribution in [0.25, 0.3) is 11.3 Å². The SMILES string of the molecule is O=C(Nc1ccon1)C1CN(c2cc(-c3ccccc3)ncn2)C1. The molecule has 1 aromatic carbocycles. The van der Waals surface area contributed by atoms with Crippen molar-refractivity contribution < 1.29 is 9.32 Å². The number of hydrogen-bond acceptors (Lipinski definition) is 6. The Kier molecular flexibility index (Phi) is 3.66. The van der Waals surface area contributed by atoms with Gasteiger partial charge in [-0.15, -0.1) is 0 Å². The van der Waals surface area contributed by atoms with Crippen molar-refractivity contribution in [3.63, 3.8) is 0 Å². The molecule has 1 amide bonds. The van der Waals surface area contributed by atoms with Crippen molar-refractivity contribution in [3.05, 3.63) is 55.1 Å². The van der Waals surface area contributed by atoms with Crippen molar-refractivity contribution >= 4 is 17.5 Å². The van der Waals surface area contributed by atoms with Gasteiger partial charge in [-0.3, -0.25) is 4.79 Å². The molecule has 1 N–H and O–H groups in total. The van der Waals surface area contributed by atoms with E-state index in [9.17, 15) is 4.79 Å². The van der Waals surface area contributed by atoms with Gasteiger partial charge in [-0.2, -0.15) is 0 Å². The van der Waals surface area contributed by atoms with E-state index < -0.39 is 0 Å². The van der Waals surface area contributed by atoms with Crippen LogP contribution in [0.5, 0.6) is 0 Å². The Morgan fingerprint density at radius 2 is 2.00 bits per heavy atom. The van der Waals surface area contributed by atoms with E-state index >= 15 is 0 Å². The van der Waals surface area contributed by atoms with Gasteiger partial charge >= 0.3 is 0 Å². The zero-order valence-electron chi connectivity index (χ0n) is 12.8. The molecule has 1 aliphatic rings. The molecule has 0 atom stereocenters. The van der Waals surface area contributed by atoms with Gasteiger partial charge in [-0.05, 0) is 0 Å². The van der Waals surface area contributed by atoms with Crippen molar-refractivity contribution in [2.45, 2.75) is 0 Å². The molecule has 0 spiro atoms. The van der Waals surface area contributed by atoms with Crippen LogP contribution in [0.15, 0.2) is 59.6 Å². The van der Waals surface area contributed by atoms with E-state index in [4.69, 9.17) is 4.52 Å². The first kappa shape index (κ1) is 14.4. The lowest BCUT2D eigenvalue weighted by Gasteiger charge is -2.38. The highest BCUT2D eigenvalue weighted by molar-refractivity contribution is 5.93. The zero-order valence-corrected chi connectivity index (χ0v) is 12.8. The predicted molar refractivity (Wildman–Crippen MR) is 88.3 cm³/mol. The second-order valence-corrected chi connectivity index (χ2v) is 5.60. The van der Waals surface area contributed by atoms with E-state index in [1.807, 2.05) is 36.4 Å². The number of carbonyl (C=O) groups is 1. The van der Waals surface area contributed by atoms with Crippen LogP contribution in [0.2, 0.25) is 0 Å². The van der Waals surface area contributed by atoms with Gasteiger partial charge in [0.25, 0.3) is 0 Å². The van der Waals surface area contributed by atoms with Gasteiger partial charge in [0.1, 0.15) is 18.4 Å². The third-order valence-corrected chi connectivity index (χ3v) is 3.99. The fraction of sp³-hybridized carbons (Fsp3) is 0.176. The number of aromatic nitrogens is 3. The molecular formula is C17H15N5O2. The number of hydrogen-bond donors (Lipinski definition) is 1. The van der Waals surface area contributed by atoms with Crippen LogP contribution >= 0.6 is 0 Å². The molecule has 3 aromatic rings. The number of rotatable bonds is 4. The molecule has 0 unspecified atom stereocenters. The number of carbonyl (C=O) groups excluding carboxylic acids is 1. The number of nitrogens with zero attached hydrogens (tertiary/aromatic N) is 4. The van der Waals surface area contributed by atoms with E-state index in [1.165, 1.54) is 6.26 Å². The van der Waals surface area contributed by atoms with Crippen LogP contribution in [0, 0.1) is 5.92 Å². The predicted octanol–water partition coefficient (Wildman–Crippen LogP) is 2.21. The van der Waals surface area contributed by atoms with Gasteiger partial charge in [0.15, 0.2) is 5.82 Å². The average Bonchev–Trinajstić information content (AvgIpc) is 3.07. The van der Waals surface area contributed by atoms with E-state index in [1.54, 1.807) is 12.4 Å². The van der Waals surface area contributed by atoms with E-state index in [-0.39, 0.29) is 11.8 Å². The Hall–Kier alpha value is -3.22. The van der Waals surface area contributed by atoms with Crippen LogP contribution in [0.1, 0.15) is 0 Å². The molecule has 1 saturated heterocycles. The summed E-state index contributed by atoms with van der Waals surface area (Å²) in [6.07, 6.45) is 2.98. The van der Waals surface area contributed by atoms with Gasteiger partial charge in [-0.1, -0.05) is 35.5 Å². The third kappa shape index (κ3) is 2.83. The average molecular weight is 321 g/mol. The summed E-state index contributed by atoms with van der Waals surface area (Å²) in [5.41, 5.74) is 1.91. The van der Waals surface area contributed by atoms with Gasteiger partial charge < -0.3 is 14.7 Å². The Balaban J connectivity index is 1.41. The standard InChI is InChI=1S/C17H15N5O2/c23-17(20-15-6-7-24-21-15)13-9-22(10-13)16-8-14(18-11-19-16)12-4-2-1-3-5-12/h1-8,11,13H,9-10H2,(H,20,21,23). The molecule has 7 heteroatoms. The number of anilines is 2. The Labute approximate surface area is 138 Å². The summed E-state index contributed by atoms with van der Waals surface area (Å²) in [4.78, 5) is 22.8. The molecule has 24 heavy (non-hydrogen) atoms.